The summed E-state index contributed by atoms with van der Waals surface area (Å²) >= 11 is 0. The molecule has 1 amide bonds. The maximum absolute atomic E-state index is 12.4. The van der Waals surface area contributed by atoms with E-state index in [4.69, 9.17) is 9.81 Å². The predicted octanol–water partition coefficient (Wildman–Crippen LogP) is 0.678. The Morgan fingerprint density at radius 3 is 2.41 bits per heavy atom. The normalized spacial score (nSPS) is 39.6. The highest BCUT2D eigenvalue weighted by Crippen LogP contribution is 2.57. The zero-order chi connectivity index (χ0) is 19.9. The lowest BCUT2D eigenvalue weighted by Gasteiger charge is -2.60. The summed E-state index contributed by atoms with van der Waals surface area (Å²) in [5.74, 6) is 1.28. The van der Waals surface area contributed by atoms with E-state index in [1.54, 1.807) is 4.90 Å². The van der Waals surface area contributed by atoms with Crippen molar-refractivity contribution in [2.45, 2.75) is 68.5 Å². The van der Waals surface area contributed by atoms with Crippen LogP contribution in [0.25, 0.3) is 0 Å². The van der Waals surface area contributed by atoms with Crippen molar-refractivity contribution in [1.29, 1.82) is 5.26 Å². The molecule has 152 valence electrons. The van der Waals surface area contributed by atoms with Crippen molar-refractivity contribution in [3.8, 4) is 6.07 Å². The second-order valence-corrected chi connectivity index (χ2v) is 10.4. The van der Waals surface area contributed by atoms with Crippen LogP contribution in [0.15, 0.2) is 0 Å². The van der Waals surface area contributed by atoms with Crippen LogP contribution in [0.3, 0.4) is 0 Å². The summed E-state index contributed by atoms with van der Waals surface area (Å²) in [6.07, 6.45) is 8.59. The average Bonchev–Trinajstić information content (AvgIpc) is 2.97. The molecule has 4 saturated carbocycles. The zero-order valence-corrected chi connectivity index (χ0v) is 16.5. The van der Waals surface area contributed by atoms with E-state index in [0.717, 1.165) is 44.9 Å². The Morgan fingerprint density at radius 2 is 1.89 bits per heavy atom. The summed E-state index contributed by atoms with van der Waals surface area (Å²) in [5.41, 5.74) is -0.542. The molecule has 0 aromatic carbocycles. The molecule has 0 radical (unpaired) electrons. The zero-order valence-electron chi connectivity index (χ0n) is 15.7. The van der Waals surface area contributed by atoms with E-state index in [9.17, 15) is 18.3 Å². The Bertz CT molecular complexity index is 710. The minimum Gasteiger partial charge on any atom is -0.390 e. The van der Waals surface area contributed by atoms with Crippen LogP contribution < -0.4 is 5.32 Å². The lowest BCUT2D eigenvalue weighted by atomic mass is 9.51. The molecule has 4 bridgehead atoms. The molecule has 0 aromatic rings. The van der Waals surface area contributed by atoms with Crippen molar-refractivity contribution in [3.63, 3.8) is 0 Å². The van der Waals surface area contributed by atoms with Gasteiger partial charge in [-0.3, -0.25) is 9.35 Å². The van der Waals surface area contributed by atoms with Crippen molar-refractivity contribution in [1.82, 2.24) is 10.2 Å². The van der Waals surface area contributed by atoms with Crippen LogP contribution in [0.2, 0.25) is 0 Å². The number of rotatable bonds is 3. The summed E-state index contributed by atoms with van der Waals surface area (Å²) < 4.78 is 25.9. The van der Waals surface area contributed by atoms with Crippen molar-refractivity contribution >= 4 is 16.0 Å². The monoisotopic (exact) mass is 399 g/mol. The number of likely N-dealkylation sites (tertiary alicyclic amines) is 1. The van der Waals surface area contributed by atoms with Crippen molar-refractivity contribution in [2.75, 3.05) is 19.3 Å². The number of nitriles is 1. The minimum atomic E-state index is -3.67. The second kappa shape index (κ2) is 7.32. The molecular weight excluding hydrogens is 370 g/mol. The lowest BCUT2D eigenvalue weighted by molar-refractivity contribution is -0.147. The average molecular weight is 400 g/mol. The van der Waals surface area contributed by atoms with Gasteiger partial charge in [0.05, 0.1) is 24.5 Å². The molecule has 0 spiro atoms. The second-order valence-electron chi connectivity index (χ2n) is 8.93. The Labute approximate surface area is 160 Å². The number of hydrogen-bond donors (Lipinski definition) is 3. The van der Waals surface area contributed by atoms with Crippen LogP contribution in [-0.2, 0) is 14.9 Å². The molecule has 5 rings (SSSR count). The van der Waals surface area contributed by atoms with Gasteiger partial charge in [-0.2, -0.15) is 13.7 Å². The molecule has 1 heterocycles. The predicted molar refractivity (Wildman–Crippen MR) is 98.2 cm³/mol. The van der Waals surface area contributed by atoms with E-state index in [-0.39, 0.29) is 17.5 Å². The van der Waals surface area contributed by atoms with E-state index in [1.807, 2.05) is 0 Å². The van der Waals surface area contributed by atoms with Crippen LogP contribution in [0, 0.1) is 23.2 Å². The van der Waals surface area contributed by atoms with Gasteiger partial charge in [0, 0.05) is 12.1 Å². The van der Waals surface area contributed by atoms with E-state index in [1.165, 1.54) is 6.42 Å². The van der Waals surface area contributed by atoms with Crippen LogP contribution >= 0.6 is 0 Å². The van der Waals surface area contributed by atoms with E-state index < -0.39 is 15.7 Å². The largest absolute Gasteiger partial charge is 0.390 e. The van der Waals surface area contributed by atoms with Crippen LogP contribution in [0.4, 0.5) is 0 Å². The molecule has 8 nitrogen and oxygen atoms in total. The van der Waals surface area contributed by atoms with Crippen molar-refractivity contribution < 1.29 is 22.9 Å². The molecule has 5 fully saturated rings. The number of aliphatic hydroxyl groups is 1. The fraction of sp³-hybridized carbons (Fsp3) is 0.889. The molecule has 1 saturated heterocycles. The summed E-state index contributed by atoms with van der Waals surface area (Å²) in [7, 11) is -3.67. The summed E-state index contributed by atoms with van der Waals surface area (Å²) in [4.78, 5) is 14.2. The third-order valence-electron chi connectivity index (χ3n) is 6.37. The highest BCUT2D eigenvalue weighted by atomic mass is 32.2. The van der Waals surface area contributed by atoms with E-state index in [2.05, 4.69) is 11.4 Å². The summed E-state index contributed by atoms with van der Waals surface area (Å²) in [5, 5.41) is 23.4. The smallest absolute Gasteiger partial charge is 0.261 e. The number of nitrogens with zero attached hydrogens (tertiary/aromatic N) is 2. The number of carbonyl (C=O) groups excluding carboxylic acids is 1. The van der Waals surface area contributed by atoms with Crippen LogP contribution in [0.5, 0.6) is 0 Å². The molecule has 3 atom stereocenters. The number of nitrogens with one attached hydrogen (secondary N) is 1. The van der Waals surface area contributed by atoms with Gasteiger partial charge in [-0.05, 0) is 63.2 Å². The first kappa shape index (κ1) is 20.5. The van der Waals surface area contributed by atoms with Gasteiger partial charge >= 0.3 is 0 Å². The summed E-state index contributed by atoms with van der Waals surface area (Å²) in [6.45, 7) is 1.02. The maximum Gasteiger partial charge on any atom is 0.261 e. The van der Waals surface area contributed by atoms with Crippen molar-refractivity contribution in [2.24, 2.45) is 11.8 Å². The highest BCUT2D eigenvalue weighted by molar-refractivity contribution is 7.85. The first-order valence-corrected chi connectivity index (χ1v) is 11.4. The van der Waals surface area contributed by atoms with Gasteiger partial charge in [0.25, 0.3) is 10.1 Å². The molecule has 9 heteroatoms. The molecule has 0 aromatic heterocycles. The van der Waals surface area contributed by atoms with Gasteiger partial charge in [0.2, 0.25) is 5.91 Å². The Kier molecular flexibility index (Phi) is 5.56. The molecular formula is C18H29N3O5S. The summed E-state index contributed by atoms with van der Waals surface area (Å²) in [6, 6.07) is 1.99. The number of amides is 1. The first-order valence-electron chi connectivity index (χ1n) is 9.60. The molecule has 2 unspecified atom stereocenters. The third kappa shape index (κ3) is 4.99. The van der Waals surface area contributed by atoms with Gasteiger partial charge in [-0.1, -0.05) is 0 Å². The Balaban J connectivity index is 0.000000376. The van der Waals surface area contributed by atoms with Gasteiger partial charge in [-0.25, -0.2) is 0 Å². The van der Waals surface area contributed by atoms with Crippen molar-refractivity contribution in [3.05, 3.63) is 0 Å². The lowest BCUT2D eigenvalue weighted by Crippen LogP contribution is -2.65. The standard InChI is InChI=1S/C17H25N3O2.CH4O3S/c18-9-14-2-1-3-20(14)15(21)10-19-16-5-12-4-13(6-16)8-17(22,7-12)11-16;1-5(2,3)4/h12-14,19,22H,1-8,10-11H2;1H3,(H,2,3,4)/t12?,13?,14-,16?,17?;/m0./s1. The Hall–Kier alpha value is -1.21. The number of carbonyl (C=O) groups is 1. The minimum absolute atomic E-state index is 0.0453. The van der Waals surface area contributed by atoms with E-state index in [0.29, 0.717) is 31.2 Å². The van der Waals surface area contributed by atoms with Gasteiger partial charge in [0.1, 0.15) is 6.04 Å². The molecule has 3 N–H and O–H groups in total. The number of hydrogen-bond acceptors (Lipinski definition) is 6. The highest BCUT2D eigenvalue weighted by Gasteiger charge is 2.57. The maximum atomic E-state index is 12.4. The molecule has 1 aliphatic heterocycles. The van der Waals surface area contributed by atoms with Crippen LogP contribution in [0.1, 0.15) is 51.4 Å². The SMILES string of the molecule is CS(=O)(=O)O.N#C[C@@H]1CCCN1C(=O)CNC12CC3CC(CC(O)(C3)C1)C2. The fourth-order valence-electron chi connectivity index (χ4n) is 5.99. The van der Waals surface area contributed by atoms with Gasteiger partial charge in [-0.15, -0.1) is 0 Å². The van der Waals surface area contributed by atoms with E-state index >= 15 is 0 Å². The first-order chi connectivity index (χ1) is 12.5. The third-order valence-corrected chi connectivity index (χ3v) is 6.37. The van der Waals surface area contributed by atoms with Gasteiger partial charge in [0.15, 0.2) is 0 Å². The molecule has 5 aliphatic rings. The Morgan fingerprint density at radius 1 is 1.30 bits per heavy atom. The topological polar surface area (TPSA) is 131 Å². The fourth-order valence-corrected chi connectivity index (χ4v) is 5.99. The quantitative estimate of drug-likeness (QED) is 0.595. The molecule has 4 aliphatic carbocycles. The molecule has 27 heavy (non-hydrogen) atoms. The van der Waals surface area contributed by atoms with Gasteiger partial charge < -0.3 is 15.3 Å². The van der Waals surface area contributed by atoms with Crippen LogP contribution in [-0.4, -0.2) is 65.4 Å².